The van der Waals surface area contributed by atoms with Crippen molar-refractivity contribution in [2.75, 3.05) is 45.5 Å². The largest absolute Gasteiger partial charge is 0.403 e. The minimum absolute atomic E-state index is 0. The summed E-state index contributed by atoms with van der Waals surface area (Å²) >= 11 is 0. The zero-order chi connectivity index (χ0) is 18.5. The Morgan fingerprint density at radius 3 is 2.12 bits per heavy atom. The first-order valence-electron chi connectivity index (χ1n) is 8.11. The van der Waals surface area contributed by atoms with Crippen molar-refractivity contribution in [2.45, 2.75) is 44.7 Å². The molecule has 0 radical (unpaired) electrons. The lowest BCUT2D eigenvalue weighted by Crippen LogP contribution is -2.57. The lowest BCUT2D eigenvalue weighted by Gasteiger charge is -2.39. The maximum absolute atomic E-state index is 12.8. The van der Waals surface area contributed by atoms with E-state index in [1.165, 1.54) is 11.8 Å². The number of rotatable bonds is 4. The van der Waals surface area contributed by atoms with Crippen LogP contribution in [0.5, 0.6) is 0 Å². The summed E-state index contributed by atoms with van der Waals surface area (Å²) < 4.78 is 50.1. The highest BCUT2D eigenvalue weighted by molar-refractivity contribution is 14.0. The fourth-order valence-electron chi connectivity index (χ4n) is 2.42. The summed E-state index contributed by atoms with van der Waals surface area (Å²) in [5.41, 5.74) is 0. The van der Waals surface area contributed by atoms with Gasteiger partial charge in [-0.2, -0.15) is 13.2 Å². The van der Waals surface area contributed by atoms with Gasteiger partial charge >= 0.3 is 6.18 Å². The Morgan fingerprint density at radius 2 is 1.72 bits per heavy atom. The molecule has 5 nitrogen and oxygen atoms in total. The van der Waals surface area contributed by atoms with Gasteiger partial charge in [0.15, 0.2) is 5.96 Å². The molecular formula is C15H30F3IN4OS. The van der Waals surface area contributed by atoms with Crippen molar-refractivity contribution in [1.29, 1.82) is 0 Å². The van der Waals surface area contributed by atoms with Gasteiger partial charge in [-0.3, -0.25) is 14.1 Å². The van der Waals surface area contributed by atoms with Gasteiger partial charge in [0.05, 0.1) is 0 Å². The lowest BCUT2D eigenvalue weighted by molar-refractivity contribution is -0.181. The topological polar surface area (TPSA) is 47.9 Å². The molecule has 25 heavy (non-hydrogen) atoms. The van der Waals surface area contributed by atoms with Crippen LogP contribution in [0.3, 0.4) is 0 Å². The van der Waals surface area contributed by atoms with E-state index in [0.29, 0.717) is 44.4 Å². The fraction of sp³-hybridized carbons (Fsp3) is 0.933. The van der Waals surface area contributed by atoms with Crippen LogP contribution in [0.1, 0.15) is 27.7 Å². The molecule has 0 spiro atoms. The van der Waals surface area contributed by atoms with Gasteiger partial charge < -0.3 is 10.2 Å². The predicted octanol–water partition coefficient (Wildman–Crippen LogP) is 2.30. The third kappa shape index (κ3) is 7.98. The van der Waals surface area contributed by atoms with Gasteiger partial charge in [-0.05, 0) is 27.7 Å². The van der Waals surface area contributed by atoms with Crippen molar-refractivity contribution in [3.8, 4) is 0 Å². The number of aliphatic imine (C=N–C) groups is 1. The van der Waals surface area contributed by atoms with Crippen LogP contribution in [0.2, 0.25) is 0 Å². The second kappa shape index (κ2) is 10.3. The van der Waals surface area contributed by atoms with E-state index in [-0.39, 0.29) is 28.7 Å². The number of alkyl halides is 3. The first kappa shape index (κ1) is 24.9. The molecule has 150 valence electrons. The molecule has 1 aliphatic heterocycles. The quantitative estimate of drug-likeness (QED) is 0.367. The van der Waals surface area contributed by atoms with Gasteiger partial charge in [-0.15, -0.1) is 24.0 Å². The summed E-state index contributed by atoms with van der Waals surface area (Å²) in [5, 5.41) is 3.16. The molecule has 0 aromatic rings. The molecule has 2 atom stereocenters. The summed E-state index contributed by atoms with van der Waals surface area (Å²) in [6.45, 7) is 9.17. The highest BCUT2D eigenvalue weighted by Crippen LogP contribution is 2.25. The van der Waals surface area contributed by atoms with Crippen molar-refractivity contribution >= 4 is 40.7 Å². The normalized spacial score (nSPS) is 20.0. The Hall–Kier alpha value is -0.100. The SMILES string of the molecule is CN=C(NCCS(=O)C(C)(C)C)N1CCN(C(C)C(F)(F)F)CC1.I. The Morgan fingerprint density at radius 1 is 1.20 bits per heavy atom. The summed E-state index contributed by atoms with van der Waals surface area (Å²) in [7, 11) is 0.695. The predicted molar refractivity (Wildman–Crippen MR) is 108 cm³/mol. The van der Waals surface area contributed by atoms with E-state index in [1.807, 2.05) is 25.7 Å². The molecule has 1 saturated heterocycles. The van der Waals surface area contributed by atoms with Crippen molar-refractivity contribution in [3.63, 3.8) is 0 Å². The van der Waals surface area contributed by atoms with Gasteiger partial charge in [0.2, 0.25) is 0 Å². The van der Waals surface area contributed by atoms with Crippen LogP contribution in [-0.2, 0) is 10.8 Å². The van der Waals surface area contributed by atoms with Gasteiger partial charge in [0.1, 0.15) is 6.04 Å². The average molecular weight is 498 g/mol. The zero-order valence-corrected chi connectivity index (χ0v) is 18.7. The molecule has 0 saturated carbocycles. The molecule has 0 aromatic heterocycles. The van der Waals surface area contributed by atoms with Crippen LogP contribution in [0.15, 0.2) is 4.99 Å². The van der Waals surface area contributed by atoms with Crippen LogP contribution in [0.25, 0.3) is 0 Å². The molecule has 2 unspecified atom stereocenters. The van der Waals surface area contributed by atoms with Crippen molar-refractivity contribution in [1.82, 2.24) is 15.1 Å². The average Bonchev–Trinajstić information content (AvgIpc) is 2.49. The first-order valence-corrected chi connectivity index (χ1v) is 9.43. The molecule has 0 bridgehead atoms. The lowest BCUT2D eigenvalue weighted by atomic mass is 10.2. The molecule has 1 fully saturated rings. The monoisotopic (exact) mass is 498 g/mol. The first-order chi connectivity index (χ1) is 11.0. The van der Waals surface area contributed by atoms with E-state index in [1.54, 1.807) is 7.05 Å². The third-order valence-corrected chi connectivity index (χ3v) is 6.04. The van der Waals surface area contributed by atoms with Gasteiger partial charge in [0, 0.05) is 61.1 Å². The summed E-state index contributed by atoms with van der Waals surface area (Å²) in [5.74, 6) is 1.16. The van der Waals surface area contributed by atoms with E-state index in [4.69, 9.17) is 0 Å². The number of halogens is 4. The maximum atomic E-state index is 12.8. The Labute approximate surface area is 168 Å². The summed E-state index contributed by atoms with van der Waals surface area (Å²) in [6.07, 6.45) is -4.20. The fourth-order valence-corrected chi connectivity index (χ4v) is 3.32. The molecule has 0 amide bonds. The van der Waals surface area contributed by atoms with E-state index in [0.717, 1.165) is 0 Å². The van der Waals surface area contributed by atoms with Gasteiger partial charge in [-0.1, -0.05) is 0 Å². The number of piperazine rings is 1. The molecule has 0 aliphatic carbocycles. The Kier molecular flexibility index (Phi) is 10.2. The standard InChI is InChI=1S/C15H29F3N4OS.HI/c1-12(15(16,17)18)21-7-9-22(10-8-21)13(19-5)20-6-11-24(23)14(2,3)4;/h12H,6-11H2,1-5H3,(H,19,20);1H. The molecular weight excluding hydrogens is 468 g/mol. The van der Waals surface area contributed by atoms with E-state index >= 15 is 0 Å². The minimum atomic E-state index is -4.20. The molecule has 1 N–H and O–H groups in total. The molecule has 1 rings (SSSR count). The van der Waals surface area contributed by atoms with Crippen LogP contribution in [0.4, 0.5) is 13.2 Å². The molecule has 10 heteroatoms. The number of nitrogens with zero attached hydrogens (tertiary/aromatic N) is 3. The Bertz CT molecular complexity index is 461. The number of hydrogen-bond acceptors (Lipinski definition) is 3. The summed E-state index contributed by atoms with van der Waals surface area (Å²) in [6, 6.07) is -1.43. The number of hydrogen-bond donors (Lipinski definition) is 1. The second-order valence-corrected chi connectivity index (χ2v) is 9.20. The van der Waals surface area contributed by atoms with Crippen LogP contribution in [0, 0.1) is 0 Å². The minimum Gasteiger partial charge on any atom is -0.355 e. The van der Waals surface area contributed by atoms with Crippen LogP contribution in [-0.4, -0.2) is 82.5 Å². The molecule has 1 aliphatic rings. The molecule has 0 aromatic carbocycles. The highest BCUT2D eigenvalue weighted by Gasteiger charge is 2.41. The molecule has 1 heterocycles. The van der Waals surface area contributed by atoms with Crippen molar-refractivity contribution < 1.29 is 17.4 Å². The van der Waals surface area contributed by atoms with E-state index < -0.39 is 23.0 Å². The Balaban J connectivity index is 0.00000576. The van der Waals surface area contributed by atoms with E-state index in [9.17, 15) is 17.4 Å². The van der Waals surface area contributed by atoms with E-state index in [2.05, 4.69) is 10.3 Å². The van der Waals surface area contributed by atoms with Crippen LogP contribution < -0.4 is 5.32 Å². The zero-order valence-electron chi connectivity index (χ0n) is 15.5. The van der Waals surface area contributed by atoms with Crippen molar-refractivity contribution in [2.24, 2.45) is 4.99 Å². The second-order valence-electron chi connectivity index (χ2n) is 6.88. The maximum Gasteiger partial charge on any atom is 0.403 e. The smallest absolute Gasteiger partial charge is 0.355 e. The van der Waals surface area contributed by atoms with Gasteiger partial charge in [0.25, 0.3) is 0 Å². The highest BCUT2D eigenvalue weighted by atomic mass is 127. The van der Waals surface area contributed by atoms with Crippen LogP contribution >= 0.6 is 24.0 Å². The number of guanidine groups is 1. The number of nitrogens with one attached hydrogen (secondary N) is 1. The van der Waals surface area contributed by atoms with Crippen molar-refractivity contribution in [3.05, 3.63) is 0 Å². The van der Waals surface area contributed by atoms with Gasteiger partial charge in [-0.25, -0.2) is 0 Å². The summed E-state index contributed by atoms with van der Waals surface area (Å²) in [4.78, 5) is 7.57. The third-order valence-electron chi connectivity index (χ3n) is 4.10.